The van der Waals surface area contributed by atoms with E-state index >= 15 is 0 Å². The monoisotopic (exact) mass is 218 g/mol. The lowest BCUT2D eigenvalue weighted by atomic mass is 10.1. The second-order valence-electron chi connectivity index (χ2n) is 3.93. The number of carbonyl (C=O) groups is 1. The fourth-order valence-electron chi connectivity index (χ4n) is 1.80. The van der Waals surface area contributed by atoms with Crippen molar-refractivity contribution in [2.24, 2.45) is 0 Å². The first kappa shape index (κ1) is 9.21. The summed E-state index contributed by atoms with van der Waals surface area (Å²) in [5, 5.41) is 13.1. The van der Waals surface area contributed by atoms with Crippen molar-refractivity contribution in [3.8, 4) is 11.4 Å². The number of rotatable bonds is 3. The maximum Gasteiger partial charge on any atom is 0.341 e. The molecule has 0 amide bonds. The zero-order chi connectivity index (χ0) is 11.1. The van der Waals surface area contributed by atoms with E-state index in [4.69, 9.17) is 4.52 Å². The Morgan fingerprint density at radius 2 is 2.38 bits per heavy atom. The van der Waals surface area contributed by atoms with Gasteiger partial charge in [-0.05, 0) is 25.0 Å². The van der Waals surface area contributed by atoms with E-state index in [0.717, 1.165) is 12.8 Å². The summed E-state index contributed by atoms with van der Waals surface area (Å²) in [4.78, 5) is 14.2. The summed E-state index contributed by atoms with van der Waals surface area (Å²) in [7, 11) is 0. The average molecular weight is 218 g/mol. The van der Waals surface area contributed by atoms with E-state index in [-0.39, 0.29) is 11.5 Å². The van der Waals surface area contributed by atoms with Gasteiger partial charge in [0.25, 0.3) is 0 Å². The van der Waals surface area contributed by atoms with Crippen LogP contribution in [0, 0.1) is 0 Å². The molecule has 1 fully saturated rings. The summed E-state index contributed by atoms with van der Waals surface area (Å²) in [5.74, 6) is -0.229. The highest BCUT2D eigenvalue weighted by atomic mass is 16.5. The van der Waals surface area contributed by atoms with Crippen molar-refractivity contribution < 1.29 is 14.4 Å². The van der Waals surface area contributed by atoms with Gasteiger partial charge in [0.05, 0.1) is 5.69 Å². The third-order valence-electron chi connectivity index (χ3n) is 2.73. The summed E-state index contributed by atoms with van der Waals surface area (Å²) in [6.07, 6.45) is 3.70. The van der Waals surface area contributed by atoms with Gasteiger partial charge in [0.15, 0.2) is 5.76 Å². The molecule has 82 valence electrons. The smallest absolute Gasteiger partial charge is 0.341 e. The third-order valence-corrected chi connectivity index (χ3v) is 2.73. The lowest BCUT2D eigenvalue weighted by molar-refractivity contribution is 0.0695. The quantitative estimate of drug-likeness (QED) is 0.828. The van der Waals surface area contributed by atoms with Gasteiger partial charge in [-0.1, -0.05) is 5.16 Å². The number of aromatic nitrogens is 2. The Kier molecular flexibility index (Phi) is 1.86. The lowest BCUT2D eigenvalue weighted by Crippen LogP contribution is -2.00. The van der Waals surface area contributed by atoms with Crippen LogP contribution in [0.1, 0.15) is 34.9 Å². The molecular formula is C11H10N2O3. The average Bonchev–Trinajstić information content (AvgIpc) is 2.83. The Morgan fingerprint density at radius 1 is 1.56 bits per heavy atom. The van der Waals surface area contributed by atoms with Crippen LogP contribution in [0.15, 0.2) is 22.9 Å². The van der Waals surface area contributed by atoms with E-state index in [0.29, 0.717) is 17.1 Å². The molecule has 2 heterocycles. The molecule has 1 aliphatic rings. The summed E-state index contributed by atoms with van der Waals surface area (Å²) < 4.78 is 5.15. The van der Waals surface area contributed by atoms with Gasteiger partial charge in [-0.3, -0.25) is 0 Å². The number of carboxylic acids is 1. The van der Waals surface area contributed by atoms with Crippen molar-refractivity contribution >= 4 is 5.97 Å². The van der Waals surface area contributed by atoms with Crippen LogP contribution < -0.4 is 0 Å². The molecule has 0 aromatic carbocycles. The van der Waals surface area contributed by atoms with Gasteiger partial charge in [0, 0.05) is 12.1 Å². The van der Waals surface area contributed by atoms with Crippen LogP contribution in [0.3, 0.4) is 0 Å². The number of aromatic carboxylic acids is 1. The standard InChI is InChI=1S/C11H10N2O3/c14-11(15)8-9(7-2-1-5-12-7)13-16-10(8)6-3-4-6/h1-2,5-6,12H,3-4H2,(H,14,15). The zero-order valence-corrected chi connectivity index (χ0v) is 8.43. The largest absolute Gasteiger partial charge is 0.477 e. The second kappa shape index (κ2) is 3.23. The van der Waals surface area contributed by atoms with Gasteiger partial charge in [0.1, 0.15) is 11.3 Å². The summed E-state index contributed by atoms with van der Waals surface area (Å²) in [6.45, 7) is 0. The Labute approximate surface area is 91.1 Å². The van der Waals surface area contributed by atoms with Crippen LogP contribution in [0.4, 0.5) is 0 Å². The molecule has 5 heteroatoms. The van der Waals surface area contributed by atoms with Crippen LogP contribution >= 0.6 is 0 Å². The Bertz CT molecular complexity index is 523. The minimum Gasteiger partial charge on any atom is -0.477 e. The number of aromatic amines is 1. The molecule has 0 atom stereocenters. The molecular weight excluding hydrogens is 208 g/mol. The van der Waals surface area contributed by atoms with E-state index in [2.05, 4.69) is 10.1 Å². The fraction of sp³-hybridized carbons (Fsp3) is 0.273. The second-order valence-corrected chi connectivity index (χ2v) is 3.93. The van der Waals surface area contributed by atoms with Gasteiger partial charge in [-0.15, -0.1) is 0 Å². The molecule has 0 radical (unpaired) electrons. The Morgan fingerprint density at radius 3 is 2.94 bits per heavy atom. The minimum absolute atomic E-state index is 0.199. The minimum atomic E-state index is -0.979. The SMILES string of the molecule is O=C(O)c1c(-c2ccc[nH]2)noc1C1CC1. The molecule has 16 heavy (non-hydrogen) atoms. The maximum atomic E-state index is 11.2. The highest BCUT2D eigenvalue weighted by Gasteiger charge is 2.35. The lowest BCUT2D eigenvalue weighted by Gasteiger charge is -1.95. The molecule has 0 unspecified atom stereocenters. The molecule has 2 aromatic heterocycles. The summed E-state index contributed by atoms with van der Waals surface area (Å²) in [5.41, 5.74) is 1.26. The van der Waals surface area contributed by atoms with Crippen LogP contribution in [0.5, 0.6) is 0 Å². The number of carboxylic acid groups (broad SMARTS) is 1. The maximum absolute atomic E-state index is 11.2. The van der Waals surface area contributed by atoms with Crippen molar-refractivity contribution in [2.45, 2.75) is 18.8 Å². The molecule has 2 aromatic rings. The molecule has 0 bridgehead atoms. The first-order chi connectivity index (χ1) is 7.77. The molecule has 5 nitrogen and oxygen atoms in total. The van der Waals surface area contributed by atoms with Crippen molar-refractivity contribution in [1.29, 1.82) is 0 Å². The summed E-state index contributed by atoms with van der Waals surface area (Å²) in [6, 6.07) is 3.58. The third kappa shape index (κ3) is 1.32. The van der Waals surface area contributed by atoms with Gasteiger partial charge < -0.3 is 14.6 Å². The van der Waals surface area contributed by atoms with Gasteiger partial charge in [-0.2, -0.15) is 0 Å². The highest BCUT2D eigenvalue weighted by Crippen LogP contribution is 2.43. The van der Waals surface area contributed by atoms with Crippen molar-refractivity contribution in [1.82, 2.24) is 10.1 Å². The van der Waals surface area contributed by atoms with Crippen LogP contribution in [-0.2, 0) is 0 Å². The molecule has 2 N–H and O–H groups in total. The molecule has 1 saturated carbocycles. The number of hydrogen-bond acceptors (Lipinski definition) is 3. The van der Waals surface area contributed by atoms with Gasteiger partial charge in [-0.25, -0.2) is 4.79 Å². The fourth-order valence-corrected chi connectivity index (χ4v) is 1.80. The van der Waals surface area contributed by atoms with Crippen molar-refractivity contribution in [2.75, 3.05) is 0 Å². The molecule has 0 spiro atoms. The zero-order valence-electron chi connectivity index (χ0n) is 8.43. The molecule has 1 aliphatic carbocycles. The van der Waals surface area contributed by atoms with Crippen molar-refractivity contribution in [3.63, 3.8) is 0 Å². The Hall–Kier alpha value is -2.04. The first-order valence-electron chi connectivity index (χ1n) is 5.14. The predicted octanol–water partition coefficient (Wildman–Crippen LogP) is 2.25. The summed E-state index contributed by atoms with van der Waals surface area (Å²) >= 11 is 0. The van der Waals surface area contributed by atoms with Crippen LogP contribution in [0.2, 0.25) is 0 Å². The molecule has 0 aliphatic heterocycles. The predicted molar refractivity (Wildman–Crippen MR) is 55.2 cm³/mol. The van der Waals surface area contributed by atoms with E-state index in [1.54, 1.807) is 18.3 Å². The molecule has 3 rings (SSSR count). The van der Waals surface area contributed by atoms with E-state index in [1.807, 2.05) is 0 Å². The number of H-pyrrole nitrogens is 1. The van der Waals surface area contributed by atoms with E-state index in [9.17, 15) is 9.90 Å². The van der Waals surface area contributed by atoms with E-state index < -0.39 is 5.97 Å². The van der Waals surface area contributed by atoms with Crippen molar-refractivity contribution in [3.05, 3.63) is 29.7 Å². The molecule has 0 saturated heterocycles. The van der Waals surface area contributed by atoms with E-state index in [1.165, 1.54) is 0 Å². The Balaban J connectivity index is 2.14. The number of hydrogen-bond donors (Lipinski definition) is 2. The van der Waals surface area contributed by atoms with Gasteiger partial charge >= 0.3 is 5.97 Å². The van der Waals surface area contributed by atoms with Crippen LogP contribution in [0.25, 0.3) is 11.4 Å². The topological polar surface area (TPSA) is 79.1 Å². The first-order valence-corrected chi connectivity index (χ1v) is 5.14. The number of nitrogens with one attached hydrogen (secondary N) is 1. The number of nitrogens with zero attached hydrogens (tertiary/aromatic N) is 1. The highest BCUT2D eigenvalue weighted by molar-refractivity contribution is 5.95. The van der Waals surface area contributed by atoms with Gasteiger partial charge in [0.2, 0.25) is 0 Å². The van der Waals surface area contributed by atoms with Crippen LogP contribution in [-0.4, -0.2) is 21.2 Å². The normalized spacial score (nSPS) is 15.2.